The minimum Gasteiger partial charge on any atom is -0.492 e. The van der Waals surface area contributed by atoms with E-state index in [0.717, 1.165) is 10.2 Å². The molecule has 0 N–H and O–H groups in total. The number of hydrogen-bond donors (Lipinski definition) is 0. The summed E-state index contributed by atoms with van der Waals surface area (Å²) in [6.45, 7) is 3.60. The first-order chi connectivity index (χ1) is 14.9. The molecule has 0 radical (unpaired) electrons. The van der Waals surface area contributed by atoms with E-state index in [1.165, 1.54) is 29.5 Å². The van der Waals surface area contributed by atoms with Gasteiger partial charge in [0.25, 0.3) is 11.6 Å². The van der Waals surface area contributed by atoms with E-state index in [1.807, 2.05) is 44.1 Å². The minimum absolute atomic E-state index is 0.00987. The number of anilines is 1. The molecule has 8 nitrogen and oxygen atoms in total. The molecule has 0 saturated heterocycles. The lowest BCUT2D eigenvalue weighted by molar-refractivity contribution is -0.384. The van der Waals surface area contributed by atoms with Crippen LogP contribution in [-0.4, -0.2) is 54.5 Å². The van der Waals surface area contributed by atoms with Crippen molar-refractivity contribution in [1.82, 2.24) is 9.88 Å². The van der Waals surface area contributed by atoms with Gasteiger partial charge in [-0.25, -0.2) is 4.98 Å². The van der Waals surface area contributed by atoms with Gasteiger partial charge in [0.2, 0.25) is 0 Å². The molecular formula is C22H24N4O4S. The number of fused-ring (bicyclic) bond motifs is 1. The Bertz CT molecular complexity index is 1090. The molecule has 3 aromatic rings. The van der Waals surface area contributed by atoms with Crippen molar-refractivity contribution in [2.45, 2.75) is 6.92 Å². The van der Waals surface area contributed by atoms with Crippen LogP contribution in [-0.2, 0) is 4.79 Å². The number of nitro groups is 1. The van der Waals surface area contributed by atoms with Gasteiger partial charge >= 0.3 is 0 Å². The van der Waals surface area contributed by atoms with E-state index in [0.29, 0.717) is 36.1 Å². The van der Waals surface area contributed by atoms with Crippen molar-refractivity contribution in [3.05, 3.63) is 64.2 Å². The average molecular weight is 441 g/mol. The van der Waals surface area contributed by atoms with E-state index < -0.39 is 4.92 Å². The zero-order valence-corrected chi connectivity index (χ0v) is 18.5. The Hall–Kier alpha value is -3.30. The van der Waals surface area contributed by atoms with Crippen molar-refractivity contribution in [2.75, 3.05) is 38.7 Å². The SMILES string of the molecule is CCOc1cccc2sc(N(CCN(C)C)C(=O)/C=C\c3ccc([N+](=O)[O-])cc3)nc12. The van der Waals surface area contributed by atoms with Gasteiger partial charge in [0.05, 0.1) is 16.2 Å². The molecule has 1 amide bonds. The smallest absolute Gasteiger partial charge is 0.269 e. The largest absolute Gasteiger partial charge is 0.492 e. The molecule has 162 valence electrons. The first-order valence-corrected chi connectivity index (χ1v) is 10.6. The van der Waals surface area contributed by atoms with Crippen LogP contribution in [0.25, 0.3) is 16.3 Å². The second kappa shape index (κ2) is 10.1. The van der Waals surface area contributed by atoms with E-state index in [2.05, 4.69) is 4.98 Å². The molecule has 0 aliphatic rings. The highest BCUT2D eigenvalue weighted by Crippen LogP contribution is 2.34. The van der Waals surface area contributed by atoms with Crippen molar-refractivity contribution in [2.24, 2.45) is 0 Å². The Balaban J connectivity index is 1.87. The first kappa shape index (κ1) is 22.4. The van der Waals surface area contributed by atoms with Gasteiger partial charge in [-0.3, -0.25) is 19.8 Å². The summed E-state index contributed by atoms with van der Waals surface area (Å²) in [5.41, 5.74) is 1.46. The van der Waals surface area contributed by atoms with Gasteiger partial charge < -0.3 is 9.64 Å². The van der Waals surface area contributed by atoms with Gasteiger partial charge in [-0.2, -0.15) is 0 Å². The fourth-order valence-corrected chi connectivity index (χ4v) is 3.88. The molecule has 0 fully saturated rings. The van der Waals surface area contributed by atoms with Crippen molar-refractivity contribution in [3.8, 4) is 5.75 Å². The summed E-state index contributed by atoms with van der Waals surface area (Å²) < 4.78 is 6.62. The van der Waals surface area contributed by atoms with E-state index in [9.17, 15) is 14.9 Å². The van der Waals surface area contributed by atoms with Crippen LogP contribution in [0.5, 0.6) is 5.75 Å². The predicted molar refractivity (Wildman–Crippen MR) is 124 cm³/mol. The highest BCUT2D eigenvalue weighted by atomic mass is 32.1. The topological polar surface area (TPSA) is 88.8 Å². The number of benzene rings is 2. The van der Waals surface area contributed by atoms with Gasteiger partial charge in [-0.05, 0) is 56.9 Å². The lowest BCUT2D eigenvalue weighted by Crippen LogP contribution is -2.35. The number of nitrogens with zero attached hydrogens (tertiary/aromatic N) is 4. The van der Waals surface area contributed by atoms with Gasteiger partial charge in [-0.15, -0.1) is 0 Å². The third-order valence-electron chi connectivity index (χ3n) is 4.46. The van der Waals surface area contributed by atoms with Crippen LogP contribution in [0.4, 0.5) is 10.8 Å². The molecule has 0 saturated carbocycles. The number of nitro benzene ring substituents is 1. The average Bonchev–Trinajstić information content (AvgIpc) is 3.17. The van der Waals surface area contributed by atoms with Crippen LogP contribution < -0.4 is 9.64 Å². The number of likely N-dealkylation sites (N-methyl/N-ethyl adjacent to an activating group) is 1. The standard InChI is InChI=1S/C22H24N4O4S/c1-4-30-18-6-5-7-19-21(18)23-22(31-19)25(15-14-24(2)3)20(27)13-10-16-8-11-17(12-9-16)26(28)29/h5-13H,4,14-15H2,1-3H3/b13-10-. The predicted octanol–water partition coefficient (Wildman–Crippen LogP) is 4.21. The van der Waals surface area contributed by atoms with Crippen molar-refractivity contribution >= 4 is 44.4 Å². The number of non-ortho nitro benzene ring substituents is 1. The lowest BCUT2D eigenvalue weighted by Gasteiger charge is -2.20. The summed E-state index contributed by atoms with van der Waals surface area (Å²) in [6, 6.07) is 11.8. The zero-order chi connectivity index (χ0) is 22.4. The summed E-state index contributed by atoms with van der Waals surface area (Å²) in [5.74, 6) is 0.487. The Labute approximate surface area is 184 Å². The van der Waals surface area contributed by atoms with Crippen LogP contribution in [0, 0.1) is 10.1 Å². The molecule has 0 unspecified atom stereocenters. The number of thiazole rings is 1. The third-order valence-corrected chi connectivity index (χ3v) is 5.50. The number of amides is 1. The molecule has 31 heavy (non-hydrogen) atoms. The number of carbonyl (C=O) groups excluding carboxylic acids is 1. The highest BCUT2D eigenvalue weighted by molar-refractivity contribution is 7.22. The quantitative estimate of drug-likeness (QED) is 0.281. The van der Waals surface area contributed by atoms with Crippen LogP contribution in [0.15, 0.2) is 48.5 Å². The number of para-hydroxylation sites is 1. The lowest BCUT2D eigenvalue weighted by atomic mass is 10.2. The van der Waals surface area contributed by atoms with Crippen LogP contribution in [0.1, 0.15) is 12.5 Å². The van der Waals surface area contributed by atoms with Gasteiger partial charge in [0, 0.05) is 31.3 Å². The molecule has 0 bridgehead atoms. The maximum absolute atomic E-state index is 13.0. The maximum Gasteiger partial charge on any atom is 0.269 e. The number of ether oxygens (including phenoxy) is 1. The van der Waals surface area contributed by atoms with Gasteiger partial charge in [0.1, 0.15) is 11.3 Å². The van der Waals surface area contributed by atoms with Crippen molar-refractivity contribution in [1.29, 1.82) is 0 Å². The van der Waals surface area contributed by atoms with Crippen LogP contribution in [0.2, 0.25) is 0 Å². The van der Waals surface area contributed by atoms with Crippen molar-refractivity contribution in [3.63, 3.8) is 0 Å². The summed E-state index contributed by atoms with van der Waals surface area (Å²) in [5, 5.41) is 11.4. The number of aromatic nitrogens is 1. The molecule has 1 aromatic heterocycles. The first-order valence-electron chi connectivity index (χ1n) is 9.80. The second-order valence-corrected chi connectivity index (χ2v) is 8.02. The molecule has 0 atom stereocenters. The van der Waals surface area contributed by atoms with Gasteiger partial charge in [0.15, 0.2) is 5.13 Å². The maximum atomic E-state index is 13.0. The number of rotatable bonds is 9. The highest BCUT2D eigenvalue weighted by Gasteiger charge is 2.19. The molecule has 0 aliphatic heterocycles. The fourth-order valence-electron chi connectivity index (χ4n) is 2.86. The summed E-state index contributed by atoms with van der Waals surface area (Å²) in [4.78, 5) is 31.7. The Morgan fingerprint density at radius 1 is 1.19 bits per heavy atom. The van der Waals surface area contributed by atoms with E-state index in [4.69, 9.17) is 4.74 Å². The summed E-state index contributed by atoms with van der Waals surface area (Å²) >= 11 is 1.44. The Morgan fingerprint density at radius 2 is 1.94 bits per heavy atom. The molecule has 9 heteroatoms. The Morgan fingerprint density at radius 3 is 2.58 bits per heavy atom. The Kier molecular flexibility index (Phi) is 7.32. The summed E-state index contributed by atoms with van der Waals surface area (Å²) in [7, 11) is 3.89. The monoisotopic (exact) mass is 440 g/mol. The van der Waals surface area contributed by atoms with Gasteiger partial charge in [-0.1, -0.05) is 17.4 Å². The molecule has 1 heterocycles. The minimum atomic E-state index is -0.453. The van der Waals surface area contributed by atoms with E-state index >= 15 is 0 Å². The molecule has 0 spiro atoms. The van der Waals surface area contributed by atoms with Crippen LogP contribution in [0.3, 0.4) is 0 Å². The molecule has 0 aliphatic carbocycles. The molecular weight excluding hydrogens is 416 g/mol. The number of carbonyl (C=O) groups is 1. The zero-order valence-electron chi connectivity index (χ0n) is 17.6. The van der Waals surface area contributed by atoms with E-state index in [-0.39, 0.29) is 11.6 Å². The second-order valence-electron chi connectivity index (χ2n) is 7.01. The summed E-state index contributed by atoms with van der Waals surface area (Å²) in [6.07, 6.45) is 3.11. The molecule has 3 rings (SSSR count). The fraction of sp³-hybridized carbons (Fsp3) is 0.273. The van der Waals surface area contributed by atoms with Crippen molar-refractivity contribution < 1.29 is 14.5 Å². The van der Waals surface area contributed by atoms with Crippen LogP contribution >= 0.6 is 11.3 Å². The number of hydrogen-bond acceptors (Lipinski definition) is 7. The third kappa shape index (κ3) is 5.65. The molecule has 2 aromatic carbocycles. The van der Waals surface area contributed by atoms with E-state index in [1.54, 1.807) is 23.1 Å². The normalized spacial score (nSPS) is 11.4.